The van der Waals surface area contributed by atoms with Crippen molar-refractivity contribution in [2.24, 2.45) is 7.05 Å². The molecule has 3 heterocycles. The molecule has 8 nitrogen and oxygen atoms in total. The molecule has 0 aliphatic carbocycles. The van der Waals surface area contributed by atoms with Crippen LogP contribution in [0.15, 0.2) is 86.0 Å². The molecule has 0 unspecified atom stereocenters. The molecular formula is C26H22ClN7O. The highest BCUT2D eigenvalue weighted by molar-refractivity contribution is 6.33. The number of nitrogens with zero attached hydrogens (tertiary/aromatic N) is 5. The van der Waals surface area contributed by atoms with E-state index in [-0.39, 0.29) is 5.91 Å². The largest absolute Gasteiger partial charge is 0.350 e. The van der Waals surface area contributed by atoms with E-state index in [2.05, 4.69) is 49.0 Å². The minimum atomic E-state index is -0.242. The fourth-order valence-electron chi connectivity index (χ4n) is 3.86. The number of carbonyl (C=O) groups excluding carboxylic acids is 1. The highest BCUT2D eigenvalue weighted by atomic mass is 35.5. The molecule has 5 rings (SSSR count). The van der Waals surface area contributed by atoms with Crippen LogP contribution in [-0.2, 0) is 18.4 Å². The smallest absolute Gasteiger partial charge is 0.247 e. The Hall–Kier alpha value is -4.43. The fourth-order valence-corrected chi connectivity index (χ4v) is 4.06. The fraction of sp³-hybridized carbons (Fsp3) is 0.0769. The van der Waals surface area contributed by atoms with Crippen LogP contribution in [0.1, 0.15) is 5.56 Å². The van der Waals surface area contributed by atoms with Gasteiger partial charge in [0, 0.05) is 41.6 Å². The Morgan fingerprint density at radius 2 is 1.89 bits per heavy atom. The van der Waals surface area contributed by atoms with Crippen LogP contribution in [0.25, 0.3) is 22.2 Å². The van der Waals surface area contributed by atoms with E-state index < -0.39 is 0 Å². The van der Waals surface area contributed by atoms with Crippen molar-refractivity contribution in [2.45, 2.75) is 6.54 Å². The number of carbonyl (C=O) groups is 1. The lowest BCUT2D eigenvalue weighted by molar-refractivity contribution is -0.111. The third kappa shape index (κ3) is 4.78. The van der Waals surface area contributed by atoms with E-state index in [4.69, 9.17) is 11.6 Å². The molecule has 0 fully saturated rings. The van der Waals surface area contributed by atoms with Crippen LogP contribution in [0.2, 0.25) is 5.02 Å². The minimum Gasteiger partial charge on any atom is -0.350 e. The molecule has 35 heavy (non-hydrogen) atoms. The van der Waals surface area contributed by atoms with Crippen molar-refractivity contribution >= 4 is 45.7 Å². The third-order valence-corrected chi connectivity index (χ3v) is 5.81. The number of halogens is 1. The number of hydrogen-bond acceptors (Lipinski definition) is 5. The molecule has 2 N–H and O–H groups in total. The van der Waals surface area contributed by atoms with Crippen molar-refractivity contribution in [3.8, 4) is 11.3 Å². The Bertz CT molecular complexity index is 1540. The average Bonchev–Trinajstić information content (AvgIpc) is 3.45. The number of para-hydroxylation sites is 1. The standard InChI is InChI=1S/C26H22ClN7O/c1-3-24(35)30-18-10-8-17(9-11-18)14-34-15-19(12-29-34)31-26-28-13-22(27)25(32-26)21-16-33(2)23-7-5-4-6-20(21)23/h3-13,15-16H,1,14H2,2H3,(H,30,35)(H,28,31,32). The topological polar surface area (TPSA) is 89.7 Å². The van der Waals surface area contributed by atoms with Crippen LogP contribution < -0.4 is 10.6 Å². The summed E-state index contributed by atoms with van der Waals surface area (Å²) in [5.41, 5.74) is 5.22. The van der Waals surface area contributed by atoms with E-state index in [0.717, 1.165) is 27.7 Å². The van der Waals surface area contributed by atoms with Crippen molar-refractivity contribution < 1.29 is 4.79 Å². The summed E-state index contributed by atoms with van der Waals surface area (Å²) in [5.74, 6) is 0.188. The van der Waals surface area contributed by atoms with Gasteiger partial charge in [0.2, 0.25) is 11.9 Å². The lowest BCUT2D eigenvalue weighted by Gasteiger charge is -2.07. The third-order valence-electron chi connectivity index (χ3n) is 5.54. The number of amides is 1. The van der Waals surface area contributed by atoms with Crippen molar-refractivity contribution in [3.05, 3.63) is 96.6 Å². The number of hydrogen-bond donors (Lipinski definition) is 2. The van der Waals surface area contributed by atoms with Crippen molar-refractivity contribution in [1.82, 2.24) is 24.3 Å². The summed E-state index contributed by atoms with van der Waals surface area (Å²) in [6.07, 6.45) is 8.46. The first kappa shape index (κ1) is 22.4. The number of fused-ring (bicyclic) bond motifs is 1. The summed E-state index contributed by atoms with van der Waals surface area (Å²) in [5, 5.41) is 11.9. The van der Waals surface area contributed by atoms with Gasteiger partial charge >= 0.3 is 0 Å². The molecule has 5 aromatic rings. The predicted molar refractivity (Wildman–Crippen MR) is 139 cm³/mol. The first-order chi connectivity index (χ1) is 17.0. The maximum absolute atomic E-state index is 11.4. The maximum atomic E-state index is 11.4. The SMILES string of the molecule is C=CC(=O)Nc1ccc(Cn2cc(Nc3ncc(Cl)c(-c4cn(C)c5ccccc45)n3)cn2)cc1. The minimum absolute atomic E-state index is 0.242. The molecule has 0 atom stereocenters. The lowest BCUT2D eigenvalue weighted by atomic mass is 10.1. The molecule has 174 valence electrons. The first-order valence-corrected chi connectivity index (χ1v) is 11.3. The van der Waals surface area contributed by atoms with Gasteiger partial charge in [-0.25, -0.2) is 9.97 Å². The van der Waals surface area contributed by atoms with Crippen molar-refractivity contribution in [1.29, 1.82) is 0 Å². The number of rotatable bonds is 7. The van der Waals surface area contributed by atoms with Gasteiger partial charge in [0.05, 0.1) is 35.3 Å². The molecule has 0 aliphatic heterocycles. The van der Waals surface area contributed by atoms with Gasteiger partial charge in [-0.2, -0.15) is 5.10 Å². The van der Waals surface area contributed by atoms with E-state index in [0.29, 0.717) is 28.9 Å². The lowest BCUT2D eigenvalue weighted by Crippen LogP contribution is -2.07. The van der Waals surface area contributed by atoms with Gasteiger partial charge in [0.15, 0.2) is 0 Å². The zero-order chi connectivity index (χ0) is 24.4. The molecule has 0 spiro atoms. The van der Waals surface area contributed by atoms with Crippen LogP contribution in [-0.4, -0.2) is 30.2 Å². The molecule has 0 saturated carbocycles. The highest BCUT2D eigenvalue weighted by Crippen LogP contribution is 2.33. The molecule has 0 saturated heterocycles. The number of anilines is 3. The van der Waals surface area contributed by atoms with E-state index in [1.165, 1.54) is 6.08 Å². The summed E-state index contributed by atoms with van der Waals surface area (Å²) >= 11 is 6.48. The highest BCUT2D eigenvalue weighted by Gasteiger charge is 2.14. The maximum Gasteiger partial charge on any atom is 0.247 e. The quantitative estimate of drug-likeness (QED) is 0.302. The van der Waals surface area contributed by atoms with Crippen LogP contribution in [0.3, 0.4) is 0 Å². The van der Waals surface area contributed by atoms with Gasteiger partial charge in [-0.15, -0.1) is 0 Å². The van der Waals surface area contributed by atoms with Gasteiger partial charge < -0.3 is 15.2 Å². The molecule has 3 aromatic heterocycles. The monoisotopic (exact) mass is 483 g/mol. The van der Waals surface area contributed by atoms with Gasteiger partial charge in [0.25, 0.3) is 0 Å². The number of aromatic nitrogens is 5. The molecule has 0 aliphatic rings. The Labute approximate surface area is 206 Å². The van der Waals surface area contributed by atoms with Gasteiger partial charge in [-0.1, -0.05) is 48.5 Å². The molecular weight excluding hydrogens is 462 g/mol. The second-order valence-corrected chi connectivity index (χ2v) is 8.41. The second-order valence-electron chi connectivity index (χ2n) is 8.00. The Morgan fingerprint density at radius 3 is 2.69 bits per heavy atom. The second kappa shape index (κ2) is 9.44. The molecule has 2 aromatic carbocycles. The zero-order valence-electron chi connectivity index (χ0n) is 18.9. The Morgan fingerprint density at radius 1 is 1.09 bits per heavy atom. The summed E-state index contributed by atoms with van der Waals surface area (Å²) in [7, 11) is 2.00. The van der Waals surface area contributed by atoms with E-state index in [9.17, 15) is 4.79 Å². The van der Waals surface area contributed by atoms with Gasteiger partial charge in [-0.3, -0.25) is 9.48 Å². The van der Waals surface area contributed by atoms with Gasteiger partial charge in [0.1, 0.15) is 0 Å². The number of nitrogens with one attached hydrogen (secondary N) is 2. The predicted octanol–water partition coefficient (Wildman–Crippen LogP) is 5.40. The van der Waals surface area contributed by atoms with E-state index >= 15 is 0 Å². The summed E-state index contributed by atoms with van der Waals surface area (Å²) in [6, 6.07) is 15.7. The van der Waals surface area contributed by atoms with Crippen molar-refractivity contribution in [2.75, 3.05) is 10.6 Å². The summed E-state index contributed by atoms with van der Waals surface area (Å²) in [4.78, 5) is 20.4. The Balaban J connectivity index is 1.32. The average molecular weight is 484 g/mol. The van der Waals surface area contributed by atoms with Crippen molar-refractivity contribution in [3.63, 3.8) is 0 Å². The molecule has 0 bridgehead atoms. The number of aryl methyl sites for hydroxylation is 1. The molecule has 9 heteroatoms. The normalized spacial score (nSPS) is 10.9. The van der Waals surface area contributed by atoms with Crippen LogP contribution in [0.5, 0.6) is 0 Å². The van der Waals surface area contributed by atoms with Gasteiger partial charge in [-0.05, 0) is 29.8 Å². The van der Waals surface area contributed by atoms with E-state index in [1.54, 1.807) is 17.1 Å². The molecule has 1 amide bonds. The Kier molecular flexibility index (Phi) is 6.03. The van der Waals surface area contributed by atoms with Crippen LogP contribution in [0, 0.1) is 0 Å². The number of benzene rings is 2. The van der Waals surface area contributed by atoms with Crippen LogP contribution in [0.4, 0.5) is 17.3 Å². The summed E-state index contributed by atoms with van der Waals surface area (Å²) in [6.45, 7) is 4.02. The van der Waals surface area contributed by atoms with E-state index in [1.807, 2.05) is 55.8 Å². The zero-order valence-corrected chi connectivity index (χ0v) is 19.7. The van der Waals surface area contributed by atoms with Crippen LogP contribution >= 0.6 is 11.6 Å². The molecule has 0 radical (unpaired) electrons. The first-order valence-electron chi connectivity index (χ1n) is 10.9. The summed E-state index contributed by atoms with van der Waals surface area (Å²) < 4.78 is 3.86.